The summed E-state index contributed by atoms with van der Waals surface area (Å²) in [6.45, 7) is 7.98. The first-order valence-corrected chi connectivity index (χ1v) is 7.14. The quantitative estimate of drug-likeness (QED) is 0.263. The Morgan fingerprint density at radius 2 is 2.00 bits per heavy atom. The summed E-state index contributed by atoms with van der Waals surface area (Å²) in [7, 11) is -0.456. The van der Waals surface area contributed by atoms with Gasteiger partial charge >= 0.3 is 0 Å². The summed E-state index contributed by atoms with van der Waals surface area (Å²) in [4.78, 5) is 13.5. The van der Waals surface area contributed by atoms with Crippen molar-refractivity contribution < 1.29 is 9.22 Å². The number of rotatable bonds is 9. The van der Waals surface area contributed by atoms with E-state index in [1.54, 1.807) is 6.08 Å². The highest BCUT2D eigenvalue weighted by atomic mass is 28.2. The SMILES string of the molecule is CCO[SiH2]C(CC)(CC)CCCN=C=O. The second-order valence-corrected chi connectivity index (χ2v) is 6.12. The molecule has 0 bridgehead atoms. The van der Waals surface area contributed by atoms with Gasteiger partial charge in [-0.1, -0.05) is 26.7 Å². The fourth-order valence-corrected chi connectivity index (χ4v) is 3.22. The highest BCUT2D eigenvalue weighted by molar-refractivity contribution is 6.32. The van der Waals surface area contributed by atoms with Crippen LogP contribution in [0.25, 0.3) is 0 Å². The molecular weight excluding hydrogens is 206 g/mol. The summed E-state index contributed by atoms with van der Waals surface area (Å²) < 4.78 is 5.67. The van der Waals surface area contributed by atoms with E-state index in [4.69, 9.17) is 4.43 Å². The highest BCUT2D eigenvalue weighted by Gasteiger charge is 2.26. The van der Waals surface area contributed by atoms with Crippen molar-refractivity contribution in [3.05, 3.63) is 0 Å². The Balaban J connectivity index is 4.04. The number of hydrogen-bond donors (Lipinski definition) is 0. The maximum atomic E-state index is 9.93. The summed E-state index contributed by atoms with van der Waals surface area (Å²) in [6, 6.07) is 0. The van der Waals surface area contributed by atoms with Gasteiger partial charge in [0.1, 0.15) is 0 Å². The molecule has 0 aromatic heterocycles. The lowest BCUT2D eigenvalue weighted by Crippen LogP contribution is -2.22. The molecule has 0 atom stereocenters. The first kappa shape index (κ1) is 14.6. The molecule has 0 saturated carbocycles. The largest absolute Gasteiger partial charge is 0.424 e. The summed E-state index contributed by atoms with van der Waals surface area (Å²) in [6.07, 6.45) is 6.07. The monoisotopic (exact) mass is 229 g/mol. The van der Waals surface area contributed by atoms with Crippen LogP contribution in [0.2, 0.25) is 5.04 Å². The lowest BCUT2D eigenvalue weighted by molar-refractivity contribution is 0.315. The van der Waals surface area contributed by atoms with Crippen LogP contribution in [0, 0.1) is 0 Å². The van der Waals surface area contributed by atoms with Crippen molar-refractivity contribution in [1.82, 2.24) is 0 Å². The molecule has 0 radical (unpaired) electrons. The minimum absolute atomic E-state index is 0.411. The van der Waals surface area contributed by atoms with Gasteiger partial charge in [-0.2, -0.15) is 0 Å². The predicted octanol–water partition coefficient (Wildman–Crippen LogP) is 2.20. The standard InChI is InChI=1S/C11H23NO2Si/c1-4-11(5-2,15-14-6-3)8-7-9-12-10-13/h4-9,15H2,1-3H3. The highest BCUT2D eigenvalue weighted by Crippen LogP contribution is 2.38. The Morgan fingerprint density at radius 1 is 1.33 bits per heavy atom. The fraction of sp³-hybridized carbons (Fsp3) is 0.909. The molecule has 15 heavy (non-hydrogen) atoms. The van der Waals surface area contributed by atoms with E-state index in [0.29, 0.717) is 11.6 Å². The molecular formula is C11H23NO2Si. The van der Waals surface area contributed by atoms with Gasteiger partial charge < -0.3 is 4.43 Å². The Labute approximate surface area is 95.3 Å². The maximum absolute atomic E-state index is 9.93. The van der Waals surface area contributed by atoms with Crippen molar-refractivity contribution in [2.75, 3.05) is 13.2 Å². The van der Waals surface area contributed by atoms with Crippen LogP contribution in [0.5, 0.6) is 0 Å². The van der Waals surface area contributed by atoms with Crippen molar-refractivity contribution in [2.24, 2.45) is 4.99 Å². The number of nitrogens with zero attached hydrogens (tertiary/aromatic N) is 1. The minimum atomic E-state index is -0.456. The average Bonchev–Trinajstić information content (AvgIpc) is 2.29. The minimum Gasteiger partial charge on any atom is -0.424 e. The first-order valence-electron chi connectivity index (χ1n) is 5.86. The second kappa shape index (κ2) is 8.83. The third kappa shape index (κ3) is 5.87. The van der Waals surface area contributed by atoms with Gasteiger partial charge in [0, 0.05) is 6.61 Å². The van der Waals surface area contributed by atoms with Crippen LogP contribution in [-0.2, 0) is 9.22 Å². The Kier molecular flexibility index (Phi) is 8.57. The van der Waals surface area contributed by atoms with Crippen LogP contribution in [0.15, 0.2) is 4.99 Å². The van der Waals surface area contributed by atoms with Crippen molar-refractivity contribution >= 4 is 15.8 Å². The topological polar surface area (TPSA) is 38.7 Å². The summed E-state index contributed by atoms with van der Waals surface area (Å²) in [5.74, 6) is 0. The van der Waals surface area contributed by atoms with Crippen molar-refractivity contribution in [2.45, 2.75) is 51.5 Å². The van der Waals surface area contributed by atoms with Crippen molar-refractivity contribution in [1.29, 1.82) is 0 Å². The molecule has 88 valence electrons. The van der Waals surface area contributed by atoms with E-state index in [1.807, 2.05) is 0 Å². The first-order chi connectivity index (χ1) is 7.24. The zero-order chi connectivity index (χ0) is 11.6. The van der Waals surface area contributed by atoms with Crippen LogP contribution >= 0.6 is 0 Å². The van der Waals surface area contributed by atoms with E-state index < -0.39 is 9.76 Å². The molecule has 0 fully saturated rings. The average molecular weight is 229 g/mol. The van der Waals surface area contributed by atoms with Gasteiger partial charge in [0.05, 0.1) is 6.54 Å². The zero-order valence-corrected chi connectivity index (χ0v) is 11.6. The molecule has 0 aromatic carbocycles. The smallest absolute Gasteiger partial charge is 0.234 e. The molecule has 0 heterocycles. The number of carbonyl (C=O) groups excluding carboxylic acids is 1. The normalized spacial score (nSPS) is 11.9. The van der Waals surface area contributed by atoms with Gasteiger partial charge in [0.2, 0.25) is 6.08 Å². The van der Waals surface area contributed by atoms with Crippen LogP contribution in [0.3, 0.4) is 0 Å². The number of isocyanates is 1. The molecule has 0 spiro atoms. The van der Waals surface area contributed by atoms with Crippen LogP contribution < -0.4 is 0 Å². The lowest BCUT2D eigenvalue weighted by Gasteiger charge is -2.30. The summed E-state index contributed by atoms with van der Waals surface area (Å²) in [5, 5.41) is 0.411. The van der Waals surface area contributed by atoms with Gasteiger partial charge in [-0.05, 0) is 24.8 Å². The molecule has 0 aliphatic carbocycles. The molecule has 0 rings (SSSR count). The van der Waals surface area contributed by atoms with Crippen molar-refractivity contribution in [3.63, 3.8) is 0 Å². The lowest BCUT2D eigenvalue weighted by atomic mass is 9.96. The Bertz CT molecular complexity index is 199. The number of hydrogen-bond acceptors (Lipinski definition) is 3. The molecule has 0 aliphatic rings. The molecule has 4 heteroatoms. The van der Waals surface area contributed by atoms with Gasteiger partial charge in [-0.3, -0.25) is 0 Å². The fourth-order valence-electron chi connectivity index (χ4n) is 1.78. The van der Waals surface area contributed by atoms with Gasteiger partial charge in [-0.25, -0.2) is 9.79 Å². The van der Waals surface area contributed by atoms with Crippen LogP contribution in [0.4, 0.5) is 0 Å². The van der Waals surface area contributed by atoms with Crippen molar-refractivity contribution in [3.8, 4) is 0 Å². The van der Waals surface area contributed by atoms with E-state index in [0.717, 1.165) is 19.4 Å². The summed E-state index contributed by atoms with van der Waals surface area (Å²) in [5.41, 5.74) is 0. The number of aliphatic imine (C=N–C) groups is 1. The van der Waals surface area contributed by atoms with Gasteiger partial charge in [-0.15, -0.1) is 0 Å². The van der Waals surface area contributed by atoms with Gasteiger partial charge in [0.15, 0.2) is 9.76 Å². The van der Waals surface area contributed by atoms with Crippen LogP contribution in [-0.4, -0.2) is 29.0 Å². The molecule has 0 N–H and O–H groups in total. The molecule has 0 saturated heterocycles. The molecule has 3 nitrogen and oxygen atoms in total. The van der Waals surface area contributed by atoms with E-state index >= 15 is 0 Å². The van der Waals surface area contributed by atoms with E-state index in [9.17, 15) is 4.79 Å². The van der Waals surface area contributed by atoms with E-state index in [2.05, 4.69) is 25.8 Å². The van der Waals surface area contributed by atoms with E-state index in [-0.39, 0.29) is 0 Å². The third-order valence-electron chi connectivity index (χ3n) is 3.15. The van der Waals surface area contributed by atoms with E-state index in [1.165, 1.54) is 12.8 Å². The molecule has 0 aromatic rings. The zero-order valence-electron chi connectivity index (χ0n) is 10.2. The molecule has 0 unspecified atom stereocenters. The molecule has 0 amide bonds. The molecule has 0 aliphatic heterocycles. The maximum Gasteiger partial charge on any atom is 0.234 e. The second-order valence-electron chi connectivity index (χ2n) is 3.92. The Hall–Kier alpha value is -0.443. The van der Waals surface area contributed by atoms with Gasteiger partial charge in [0.25, 0.3) is 0 Å². The Morgan fingerprint density at radius 3 is 2.47 bits per heavy atom. The van der Waals surface area contributed by atoms with Crippen LogP contribution in [0.1, 0.15) is 46.5 Å². The third-order valence-corrected chi connectivity index (χ3v) is 5.73. The predicted molar refractivity (Wildman–Crippen MR) is 65.7 cm³/mol. The summed E-state index contributed by atoms with van der Waals surface area (Å²) >= 11 is 0.